The van der Waals surface area contributed by atoms with Gasteiger partial charge >= 0.3 is 0 Å². The highest BCUT2D eigenvalue weighted by Gasteiger charge is 2.21. The Bertz CT molecular complexity index is 145. The summed E-state index contributed by atoms with van der Waals surface area (Å²) in [6.07, 6.45) is 1.30. The van der Waals surface area contributed by atoms with Crippen LogP contribution >= 0.6 is 0 Å². The first-order chi connectivity index (χ1) is 4.61. The second-order valence-electron chi connectivity index (χ2n) is 3.20. The summed E-state index contributed by atoms with van der Waals surface area (Å²) < 4.78 is 0. The zero-order valence-corrected chi connectivity index (χ0v) is 6.59. The van der Waals surface area contributed by atoms with Gasteiger partial charge in [0, 0.05) is 6.04 Å². The molecule has 1 rings (SSSR count). The number of hydrogen-bond acceptors (Lipinski definition) is 2. The van der Waals surface area contributed by atoms with Gasteiger partial charge in [0.1, 0.15) is 0 Å². The molecule has 1 aliphatic carbocycles. The Labute approximate surface area is 61.7 Å². The SMILES string of the molecule is CC1=C(C)CC(O)C(N)C1. The van der Waals surface area contributed by atoms with Crippen LogP contribution in [0.25, 0.3) is 0 Å². The van der Waals surface area contributed by atoms with Gasteiger partial charge in [-0.3, -0.25) is 0 Å². The van der Waals surface area contributed by atoms with Crippen LogP contribution in [0.2, 0.25) is 0 Å². The fourth-order valence-electron chi connectivity index (χ4n) is 1.30. The van der Waals surface area contributed by atoms with Crippen LogP contribution in [-0.4, -0.2) is 17.3 Å². The van der Waals surface area contributed by atoms with Crippen LogP contribution in [0.4, 0.5) is 0 Å². The van der Waals surface area contributed by atoms with Crippen LogP contribution < -0.4 is 5.73 Å². The number of hydrogen-bond donors (Lipinski definition) is 2. The Morgan fingerprint density at radius 1 is 1.30 bits per heavy atom. The van der Waals surface area contributed by atoms with Crippen molar-refractivity contribution >= 4 is 0 Å². The van der Waals surface area contributed by atoms with Gasteiger partial charge in [0.15, 0.2) is 0 Å². The molecule has 0 aliphatic heterocycles. The first kappa shape index (κ1) is 7.76. The van der Waals surface area contributed by atoms with Crippen LogP contribution in [0.3, 0.4) is 0 Å². The Morgan fingerprint density at radius 3 is 2.30 bits per heavy atom. The lowest BCUT2D eigenvalue weighted by atomic mass is 9.88. The summed E-state index contributed by atoms with van der Waals surface area (Å²) in [4.78, 5) is 0. The topological polar surface area (TPSA) is 46.2 Å². The molecule has 0 aromatic rings. The molecule has 0 amide bonds. The fourth-order valence-corrected chi connectivity index (χ4v) is 1.30. The summed E-state index contributed by atoms with van der Waals surface area (Å²) in [5.74, 6) is 0. The molecule has 2 nitrogen and oxygen atoms in total. The minimum atomic E-state index is -0.316. The number of aliphatic hydroxyl groups is 1. The zero-order chi connectivity index (χ0) is 7.72. The lowest BCUT2D eigenvalue weighted by Gasteiger charge is -2.26. The highest BCUT2D eigenvalue weighted by molar-refractivity contribution is 5.16. The van der Waals surface area contributed by atoms with E-state index in [1.165, 1.54) is 11.1 Å². The molecular weight excluding hydrogens is 126 g/mol. The van der Waals surface area contributed by atoms with E-state index in [0.29, 0.717) is 0 Å². The molecule has 0 heterocycles. The average molecular weight is 141 g/mol. The average Bonchev–Trinajstić information content (AvgIpc) is 1.84. The molecule has 0 saturated carbocycles. The number of nitrogens with two attached hydrogens (primary N) is 1. The van der Waals surface area contributed by atoms with Gasteiger partial charge in [-0.25, -0.2) is 0 Å². The Kier molecular flexibility index (Phi) is 2.11. The molecule has 2 unspecified atom stereocenters. The second kappa shape index (κ2) is 2.72. The van der Waals surface area contributed by atoms with Crippen molar-refractivity contribution in [1.29, 1.82) is 0 Å². The van der Waals surface area contributed by atoms with Crippen LogP contribution in [0, 0.1) is 0 Å². The van der Waals surface area contributed by atoms with Crippen molar-refractivity contribution in [2.75, 3.05) is 0 Å². The van der Waals surface area contributed by atoms with Gasteiger partial charge in [0.2, 0.25) is 0 Å². The van der Waals surface area contributed by atoms with Crippen LogP contribution in [0.1, 0.15) is 26.7 Å². The summed E-state index contributed by atoms with van der Waals surface area (Å²) in [5, 5.41) is 9.31. The van der Waals surface area contributed by atoms with E-state index in [9.17, 15) is 5.11 Å². The molecular formula is C8H15NO. The van der Waals surface area contributed by atoms with E-state index < -0.39 is 0 Å². The van der Waals surface area contributed by atoms with Crippen molar-refractivity contribution in [1.82, 2.24) is 0 Å². The van der Waals surface area contributed by atoms with E-state index >= 15 is 0 Å². The molecule has 0 saturated heterocycles. The van der Waals surface area contributed by atoms with Gasteiger partial charge in [0.05, 0.1) is 6.10 Å². The summed E-state index contributed by atoms with van der Waals surface area (Å²) in [6.45, 7) is 4.14. The molecule has 0 aromatic heterocycles. The second-order valence-corrected chi connectivity index (χ2v) is 3.20. The van der Waals surface area contributed by atoms with Crippen molar-refractivity contribution in [3.8, 4) is 0 Å². The number of rotatable bonds is 0. The van der Waals surface area contributed by atoms with Crippen LogP contribution in [0.5, 0.6) is 0 Å². The first-order valence-electron chi connectivity index (χ1n) is 3.70. The minimum Gasteiger partial charge on any atom is -0.391 e. The quantitative estimate of drug-likeness (QED) is 0.490. The summed E-state index contributed by atoms with van der Waals surface area (Å²) in [7, 11) is 0. The van der Waals surface area contributed by atoms with Crippen LogP contribution in [0.15, 0.2) is 11.1 Å². The molecule has 0 fully saturated rings. The molecule has 2 atom stereocenters. The first-order valence-corrected chi connectivity index (χ1v) is 3.70. The Balaban J connectivity index is 2.69. The standard InChI is InChI=1S/C8H15NO/c1-5-3-7(9)8(10)4-6(5)2/h7-8,10H,3-4,9H2,1-2H3. The van der Waals surface area contributed by atoms with E-state index in [2.05, 4.69) is 13.8 Å². The molecule has 0 aromatic carbocycles. The van der Waals surface area contributed by atoms with Gasteiger partial charge in [0.25, 0.3) is 0 Å². The molecule has 0 bridgehead atoms. The maximum Gasteiger partial charge on any atom is 0.0731 e. The normalized spacial score (nSPS) is 34.8. The van der Waals surface area contributed by atoms with Crippen molar-refractivity contribution in [3.05, 3.63) is 11.1 Å². The summed E-state index contributed by atoms with van der Waals surface area (Å²) >= 11 is 0. The van der Waals surface area contributed by atoms with E-state index in [0.717, 1.165) is 12.8 Å². The van der Waals surface area contributed by atoms with Crippen LogP contribution in [-0.2, 0) is 0 Å². The maximum atomic E-state index is 9.31. The third-order valence-corrected chi connectivity index (χ3v) is 2.28. The molecule has 58 valence electrons. The summed E-state index contributed by atoms with van der Waals surface area (Å²) in [5.41, 5.74) is 8.29. The fraction of sp³-hybridized carbons (Fsp3) is 0.750. The zero-order valence-electron chi connectivity index (χ0n) is 6.59. The monoisotopic (exact) mass is 141 g/mol. The summed E-state index contributed by atoms with van der Waals surface area (Å²) in [6, 6.07) is -0.0382. The van der Waals surface area contributed by atoms with Gasteiger partial charge in [-0.05, 0) is 26.7 Å². The third kappa shape index (κ3) is 1.39. The largest absolute Gasteiger partial charge is 0.391 e. The highest BCUT2D eigenvalue weighted by Crippen LogP contribution is 2.23. The van der Waals surface area contributed by atoms with Crippen molar-refractivity contribution < 1.29 is 5.11 Å². The molecule has 2 heteroatoms. The van der Waals surface area contributed by atoms with E-state index in [1.807, 2.05) is 0 Å². The van der Waals surface area contributed by atoms with E-state index in [4.69, 9.17) is 5.73 Å². The van der Waals surface area contributed by atoms with E-state index in [-0.39, 0.29) is 12.1 Å². The molecule has 10 heavy (non-hydrogen) atoms. The van der Waals surface area contributed by atoms with Crippen molar-refractivity contribution in [2.24, 2.45) is 5.73 Å². The molecule has 0 radical (unpaired) electrons. The maximum absolute atomic E-state index is 9.31. The van der Waals surface area contributed by atoms with Gasteiger partial charge < -0.3 is 10.8 Å². The van der Waals surface area contributed by atoms with Gasteiger partial charge in [-0.15, -0.1) is 0 Å². The molecule has 3 N–H and O–H groups in total. The molecule has 1 aliphatic rings. The molecule has 0 spiro atoms. The number of aliphatic hydroxyl groups excluding tert-OH is 1. The van der Waals surface area contributed by atoms with Gasteiger partial charge in [-0.1, -0.05) is 11.1 Å². The lowest BCUT2D eigenvalue weighted by molar-refractivity contribution is 0.137. The lowest BCUT2D eigenvalue weighted by Crippen LogP contribution is -2.37. The smallest absolute Gasteiger partial charge is 0.0731 e. The van der Waals surface area contributed by atoms with Crippen molar-refractivity contribution in [2.45, 2.75) is 38.8 Å². The third-order valence-electron chi connectivity index (χ3n) is 2.28. The predicted octanol–water partition coefficient (Wildman–Crippen LogP) is 0.805. The predicted molar refractivity (Wildman–Crippen MR) is 41.6 cm³/mol. The Morgan fingerprint density at radius 2 is 1.80 bits per heavy atom. The van der Waals surface area contributed by atoms with E-state index in [1.54, 1.807) is 0 Å². The highest BCUT2D eigenvalue weighted by atomic mass is 16.3. The van der Waals surface area contributed by atoms with Crippen molar-refractivity contribution in [3.63, 3.8) is 0 Å². The van der Waals surface area contributed by atoms with Gasteiger partial charge in [-0.2, -0.15) is 0 Å². The minimum absolute atomic E-state index is 0.0382. The Hall–Kier alpha value is -0.340.